The molecule has 0 fully saturated rings. The van der Waals surface area contributed by atoms with Gasteiger partial charge in [-0.3, -0.25) is 4.79 Å². The van der Waals surface area contributed by atoms with Crippen molar-refractivity contribution in [3.05, 3.63) is 64.7 Å². The number of carbonyl (C=O) groups is 1. The van der Waals surface area contributed by atoms with E-state index in [0.29, 0.717) is 29.2 Å². The molecule has 0 aromatic heterocycles. The topological polar surface area (TPSA) is 61.6 Å². The first kappa shape index (κ1) is 13.0. The standard InChI is InChI=1S/C18H15NO3/c19-17(12-6-8-15-16(9-12)22-10-21-15)14-7-5-11-3-1-2-4-13(11)18(14)20/h1-4,6,8-9H,5,7,10,19H2/b17-14-. The zero-order valence-corrected chi connectivity index (χ0v) is 12.0. The van der Waals surface area contributed by atoms with E-state index >= 15 is 0 Å². The van der Waals surface area contributed by atoms with Crippen LogP contribution in [0.2, 0.25) is 0 Å². The summed E-state index contributed by atoms with van der Waals surface area (Å²) in [7, 11) is 0. The van der Waals surface area contributed by atoms with Crippen molar-refractivity contribution in [2.45, 2.75) is 12.8 Å². The molecule has 1 aliphatic carbocycles. The Labute approximate surface area is 128 Å². The van der Waals surface area contributed by atoms with Crippen LogP contribution in [-0.4, -0.2) is 12.6 Å². The highest BCUT2D eigenvalue weighted by molar-refractivity contribution is 6.14. The number of rotatable bonds is 1. The Kier molecular flexibility index (Phi) is 2.89. The lowest BCUT2D eigenvalue weighted by Gasteiger charge is -2.19. The third-order valence-electron chi connectivity index (χ3n) is 4.19. The van der Waals surface area contributed by atoms with Gasteiger partial charge >= 0.3 is 0 Å². The van der Waals surface area contributed by atoms with E-state index in [-0.39, 0.29) is 12.6 Å². The minimum atomic E-state index is 0.0250. The Morgan fingerprint density at radius 3 is 2.73 bits per heavy atom. The van der Waals surface area contributed by atoms with Gasteiger partial charge in [-0.25, -0.2) is 0 Å². The fourth-order valence-electron chi connectivity index (χ4n) is 2.99. The SMILES string of the molecule is N/C(=C1/CCc2ccccc2C1=O)c1ccc2c(c1)OCO2. The van der Waals surface area contributed by atoms with Crippen LogP contribution in [-0.2, 0) is 6.42 Å². The number of carbonyl (C=O) groups excluding carboxylic acids is 1. The fraction of sp³-hybridized carbons (Fsp3) is 0.167. The predicted octanol–water partition coefficient (Wildman–Crippen LogP) is 2.91. The van der Waals surface area contributed by atoms with E-state index < -0.39 is 0 Å². The number of ketones is 1. The second kappa shape index (κ2) is 4.91. The maximum atomic E-state index is 12.7. The minimum Gasteiger partial charge on any atom is -0.454 e. The molecule has 22 heavy (non-hydrogen) atoms. The first-order valence-electron chi connectivity index (χ1n) is 7.25. The maximum absolute atomic E-state index is 12.7. The number of nitrogens with two attached hydrogens (primary N) is 1. The van der Waals surface area contributed by atoms with Gasteiger partial charge < -0.3 is 15.2 Å². The van der Waals surface area contributed by atoms with Gasteiger partial charge in [-0.05, 0) is 36.6 Å². The van der Waals surface area contributed by atoms with E-state index in [2.05, 4.69) is 0 Å². The van der Waals surface area contributed by atoms with E-state index in [4.69, 9.17) is 15.2 Å². The Morgan fingerprint density at radius 2 is 1.82 bits per heavy atom. The van der Waals surface area contributed by atoms with Crippen LogP contribution >= 0.6 is 0 Å². The van der Waals surface area contributed by atoms with Crippen LogP contribution in [0, 0.1) is 0 Å². The monoisotopic (exact) mass is 293 g/mol. The largest absolute Gasteiger partial charge is 0.454 e. The van der Waals surface area contributed by atoms with Gasteiger partial charge in [0.15, 0.2) is 17.3 Å². The predicted molar refractivity (Wildman–Crippen MR) is 82.8 cm³/mol. The van der Waals surface area contributed by atoms with Crippen molar-refractivity contribution in [3.8, 4) is 11.5 Å². The van der Waals surface area contributed by atoms with Crippen LogP contribution in [0.4, 0.5) is 0 Å². The van der Waals surface area contributed by atoms with Crippen LogP contribution < -0.4 is 15.2 Å². The molecule has 0 bridgehead atoms. The molecule has 0 saturated carbocycles. The molecular weight excluding hydrogens is 278 g/mol. The lowest BCUT2D eigenvalue weighted by atomic mass is 9.85. The normalized spacial score (nSPS) is 18.1. The van der Waals surface area contributed by atoms with Gasteiger partial charge in [0.2, 0.25) is 6.79 Å². The highest BCUT2D eigenvalue weighted by atomic mass is 16.7. The Balaban J connectivity index is 1.77. The summed E-state index contributed by atoms with van der Waals surface area (Å²) in [6.45, 7) is 0.224. The number of Topliss-reactive ketones (excluding diaryl/α,β-unsaturated/α-hetero) is 1. The molecule has 1 aliphatic heterocycles. The average molecular weight is 293 g/mol. The minimum absolute atomic E-state index is 0.0250. The molecule has 0 radical (unpaired) electrons. The van der Waals surface area contributed by atoms with Gasteiger partial charge in [-0.15, -0.1) is 0 Å². The van der Waals surface area contributed by atoms with Gasteiger partial charge in [0.1, 0.15) is 0 Å². The molecule has 1 heterocycles. The van der Waals surface area contributed by atoms with Crippen molar-refractivity contribution in [1.82, 2.24) is 0 Å². The summed E-state index contributed by atoms with van der Waals surface area (Å²) in [5.74, 6) is 1.41. The number of aryl methyl sites for hydroxylation is 1. The molecule has 0 unspecified atom stereocenters. The second-order valence-electron chi connectivity index (χ2n) is 5.45. The fourth-order valence-corrected chi connectivity index (χ4v) is 2.99. The van der Waals surface area contributed by atoms with E-state index in [1.807, 2.05) is 42.5 Å². The van der Waals surface area contributed by atoms with Crippen molar-refractivity contribution in [3.63, 3.8) is 0 Å². The molecule has 2 aromatic carbocycles. The number of hydrogen-bond donors (Lipinski definition) is 1. The molecule has 4 heteroatoms. The second-order valence-corrected chi connectivity index (χ2v) is 5.45. The van der Waals surface area contributed by atoms with Crippen LogP contribution in [0.15, 0.2) is 48.0 Å². The van der Waals surface area contributed by atoms with Crippen LogP contribution in [0.5, 0.6) is 11.5 Å². The smallest absolute Gasteiger partial charge is 0.231 e. The molecule has 0 atom stereocenters. The molecule has 4 rings (SSSR count). The maximum Gasteiger partial charge on any atom is 0.231 e. The van der Waals surface area contributed by atoms with Crippen LogP contribution in [0.1, 0.15) is 27.9 Å². The highest BCUT2D eigenvalue weighted by Crippen LogP contribution is 2.35. The average Bonchev–Trinajstić information content (AvgIpc) is 3.02. The third kappa shape index (κ3) is 1.96. The summed E-state index contributed by atoms with van der Waals surface area (Å²) < 4.78 is 10.7. The molecule has 2 aliphatic rings. The molecule has 2 aromatic rings. The first-order chi connectivity index (χ1) is 10.7. The van der Waals surface area contributed by atoms with E-state index in [9.17, 15) is 4.79 Å². The molecule has 0 saturated heterocycles. The first-order valence-corrected chi connectivity index (χ1v) is 7.25. The number of benzene rings is 2. The lowest BCUT2D eigenvalue weighted by Crippen LogP contribution is -2.18. The van der Waals surface area contributed by atoms with Crippen molar-refractivity contribution in [2.75, 3.05) is 6.79 Å². The van der Waals surface area contributed by atoms with Crippen LogP contribution in [0.25, 0.3) is 5.70 Å². The van der Waals surface area contributed by atoms with Crippen molar-refractivity contribution < 1.29 is 14.3 Å². The summed E-state index contributed by atoms with van der Waals surface area (Å²) in [5.41, 5.74) is 10.1. The van der Waals surface area contributed by atoms with Crippen LogP contribution in [0.3, 0.4) is 0 Å². The Hall–Kier alpha value is -2.75. The summed E-state index contributed by atoms with van der Waals surface area (Å²) in [6.07, 6.45) is 1.50. The van der Waals surface area contributed by atoms with Crippen molar-refractivity contribution in [1.29, 1.82) is 0 Å². The number of ether oxygens (including phenoxy) is 2. The number of fused-ring (bicyclic) bond motifs is 2. The van der Waals surface area contributed by atoms with Gasteiger partial charge in [-0.1, -0.05) is 24.3 Å². The van der Waals surface area contributed by atoms with E-state index in [0.717, 1.165) is 23.1 Å². The highest BCUT2D eigenvalue weighted by Gasteiger charge is 2.24. The zero-order valence-electron chi connectivity index (χ0n) is 12.0. The summed E-state index contributed by atoms with van der Waals surface area (Å²) in [5, 5.41) is 0. The summed E-state index contributed by atoms with van der Waals surface area (Å²) >= 11 is 0. The molecule has 0 spiro atoms. The molecule has 2 N–H and O–H groups in total. The van der Waals surface area contributed by atoms with Gasteiger partial charge in [0, 0.05) is 22.4 Å². The molecule has 4 nitrogen and oxygen atoms in total. The van der Waals surface area contributed by atoms with Crippen molar-refractivity contribution >= 4 is 11.5 Å². The third-order valence-corrected chi connectivity index (χ3v) is 4.19. The van der Waals surface area contributed by atoms with Gasteiger partial charge in [-0.2, -0.15) is 0 Å². The van der Waals surface area contributed by atoms with Crippen molar-refractivity contribution in [2.24, 2.45) is 5.73 Å². The molecule has 0 amide bonds. The van der Waals surface area contributed by atoms with Gasteiger partial charge in [0.05, 0.1) is 0 Å². The summed E-state index contributed by atoms with van der Waals surface area (Å²) in [6, 6.07) is 13.2. The Morgan fingerprint density at radius 1 is 1.00 bits per heavy atom. The zero-order chi connectivity index (χ0) is 15.1. The van der Waals surface area contributed by atoms with E-state index in [1.165, 1.54) is 0 Å². The molecule has 110 valence electrons. The number of hydrogen-bond acceptors (Lipinski definition) is 4. The molecular formula is C18H15NO3. The van der Waals surface area contributed by atoms with Gasteiger partial charge in [0.25, 0.3) is 0 Å². The quantitative estimate of drug-likeness (QED) is 0.821. The Bertz CT molecular complexity index is 808. The number of allylic oxidation sites excluding steroid dienone is 1. The van der Waals surface area contributed by atoms with E-state index in [1.54, 1.807) is 0 Å². The summed E-state index contributed by atoms with van der Waals surface area (Å²) in [4.78, 5) is 12.7. The lowest BCUT2D eigenvalue weighted by molar-refractivity contribution is 0.102.